The van der Waals surface area contributed by atoms with E-state index < -0.39 is 0 Å². The lowest BCUT2D eigenvalue weighted by molar-refractivity contribution is -0.130. The predicted octanol–water partition coefficient (Wildman–Crippen LogP) is 2.43. The van der Waals surface area contributed by atoms with Crippen LogP contribution in [0.2, 0.25) is 0 Å². The summed E-state index contributed by atoms with van der Waals surface area (Å²) in [5.74, 6) is -0.359. The molecule has 2 bridgehead atoms. The Morgan fingerprint density at radius 2 is 1.86 bits per heavy atom. The average Bonchev–Trinajstić information content (AvgIpc) is 3.18. The first-order valence-electron chi connectivity index (χ1n) is 7.53. The van der Waals surface area contributed by atoms with Gasteiger partial charge in [0.15, 0.2) is 17.2 Å². The highest BCUT2D eigenvalue weighted by molar-refractivity contribution is 5.92. The standard InChI is InChI=1S/C16H17N3O3/c20-13-5-1-10(7-14(13)21)2-6-15(22)19-11-3-4-12(19)9-16(8-11)17-18-16/h1-2,5-7,11-12,20-21H,3-4,8-9H2/b6-2+. The fraction of sp³-hybridized carbons (Fsp3) is 0.438. The number of carbonyl (C=O) groups is 1. The van der Waals surface area contributed by atoms with Crippen LogP contribution < -0.4 is 0 Å². The summed E-state index contributed by atoms with van der Waals surface area (Å²) in [6.07, 6.45) is 6.95. The molecule has 0 saturated carbocycles. The van der Waals surface area contributed by atoms with E-state index in [1.165, 1.54) is 18.2 Å². The van der Waals surface area contributed by atoms with Gasteiger partial charge in [0.1, 0.15) is 0 Å². The number of phenolic OH excluding ortho intramolecular Hbond substituents is 2. The molecule has 1 aromatic carbocycles. The van der Waals surface area contributed by atoms with Gasteiger partial charge < -0.3 is 15.1 Å². The minimum atomic E-state index is -0.188. The molecule has 3 aliphatic heterocycles. The molecule has 0 aliphatic carbocycles. The van der Waals surface area contributed by atoms with Gasteiger partial charge in [0.25, 0.3) is 0 Å². The molecule has 3 heterocycles. The molecule has 0 radical (unpaired) electrons. The molecule has 1 aromatic rings. The second-order valence-electron chi connectivity index (χ2n) is 6.30. The number of phenols is 2. The summed E-state index contributed by atoms with van der Waals surface area (Å²) in [6.45, 7) is 0. The van der Waals surface area contributed by atoms with E-state index in [1.807, 2.05) is 4.90 Å². The second-order valence-corrected chi connectivity index (χ2v) is 6.30. The van der Waals surface area contributed by atoms with Crippen molar-refractivity contribution in [1.82, 2.24) is 4.90 Å². The number of piperidine rings is 1. The van der Waals surface area contributed by atoms with Gasteiger partial charge >= 0.3 is 0 Å². The van der Waals surface area contributed by atoms with Crippen LogP contribution in [0.4, 0.5) is 0 Å². The second kappa shape index (κ2) is 4.56. The maximum Gasteiger partial charge on any atom is 0.247 e. The molecule has 1 spiro atoms. The first-order chi connectivity index (χ1) is 10.6. The number of fused-ring (bicyclic) bond motifs is 2. The highest BCUT2D eigenvalue weighted by Crippen LogP contribution is 2.49. The van der Waals surface area contributed by atoms with Crippen molar-refractivity contribution in [2.24, 2.45) is 10.2 Å². The zero-order chi connectivity index (χ0) is 15.3. The van der Waals surface area contributed by atoms with Crippen LogP contribution in [0.1, 0.15) is 31.2 Å². The lowest BCUT2D eigenvalue weighted by atomic mass is 9.94. The predicted molar refractivity (Wildman–Crippen MR) is 79.3 cm³/mol. The van der Waals surface area contributed by atoms with Crippen molar-refractivity contribution in [3.8, 4) is 11.5 Å². The summed E-state index contributed by atoms with van der Waals surface area (Å²) in [5.41, 5.74) is 0.506. The number of amides is 1. The maximum absolute atomic E-state index is 12.5. The summed E-state index contributed by atoms with van der Waals surface area (Å²) in [4.78, 5) is 14.4. The Balaban J connectivity index is 1.48. The number of nitrogens with zero attached hydrogens (tertiary/aromatic N) is 3. The van der Waals surface area contributed by atoms with Crippen LogP contribution in [0.15, 0.2) is 34.5 Å². The number of rotatable bonds is 2. The number of hydrogen-bond acceptors (Lipinski definition) is 5. The van der Waals surface area contributed by atoms with Crippen molar-refractivity contribution >= 4 is 12.0 Å². The molecule has 4 rings (SSSR count). The van der Waals surface area contributed by atoms with E-state index in [-0.39, 0.29) is 35.2 Å². The number of benzene rings is 1. The Labute approximate surface area is 127 Å². The molecule has 2 unspecified atom stereocenters. The Bertz CT molecular complexity index is 676. The minimum absolute atomic E-state index is 0.00411. The molecule has 2 atom stereocenters. The van der Waals surface area contributed by atoms with Crippen molar-refractivity contribution in [1.29, 1.82) is 0 Å². The average molecular weight is 299 g/mol. The molecule has 6 heteroatoms. The van der Waals surface area contributed by atoms with E-state index in [2.05, 4.69) is 10.2 Å². The van der Waals surface area contributed by atoms with Gasteiger partial charge in [-0.05, 0) is 36.6 Å². The first-order valence-corrected chi connectivity index (χ1v) is 7.53. The van der Waals surface area contributed by atoms with Crippen LogP contribution in [0, 0.1) is 0 Å². The van der Waals surface area contributed by atoms with Gasteiger partial charge in [0, 0.05) is 31.0 Å². The van der Waals surface area contributed by atoms with Crippen LogP contribution in [0.3, 0.4) is 0 Å². The van der Waals surface area contributed by atoms with Crippen molar-refractivity contribution in [3.63, 3.8) is 0 Å². The van der Waals surface area contributed by atoms with Gasteiger partial charge in [-0.25, -0.2) is 0 Å². The van der Waals surface area contributed by atoms with E-state index in [0.29, 0.717) is 5.56 Å². The largest absolute Gasteiger partial charge is 0.504 e. The van der Waals surface area contributed by atoms with Crippen molar-refractivity contribution in [2.45, 2.75) is 43.4 Å². The van der Waals surface area contributed by atoms with Crippen LogP contribution >= 0.6 is 0 Å². The van der Waals surface area contributed by atoms with Crippen LogP contribution in [0.25, 0.3) is 6.08 Å². The smallest absolute Gasteiger partial charge is 0.247 e. The van der Waals surface area contributed by atoms with Crippen LogP contribution in [-0.2, 0) is 4.79 Å². The molecule has 114 valence electrons. The van der Waals surface area contributed by atoms with E-state index in [9.17, 15) is 15.0 Å². The Hall–Kier alpha value is -2.37. The quantitative estimate of drug-likeness (QED) is 0.649. The molecule has 3 aliphatic rings. The normalized spacial score (nSPS) is 27.7. The zero-order valence-corrected chi connectivity index (χ0v) is 12.0. The fourth-order valence-corrected chi connectivity index (χ4v) is 3.69. The molecular weight excluding hydrogens is 282 g/mol. The summed E-state index contributed by atoms with van der Waals surface area (Å²) >= 11 is 0. The van der Waals surface area contributed by atoms with Crippen molar-refractivity contribution in [2.75, 3.05) is 0 Å². The third kappa shape index (κ3) is 2.15. The topological polar surface area (TPSA) is 85.5 Å². The van der Waals surface area contributed by atoms with Crippen LogP contribution in [-0.4, -0.2) is 38.8 Å². The van der Waals surface area contributed by atoms with Gasteiger partial charge in [0.05, 0.1) is 0 Å². The van der Waals surface area contributed by atoms with Gasteiger partial charge in [-0.15, -0.1) is 0 Å². The number of hydrogen-bond donors (Lipinski definition) is 2. The molecule has 2 N–H and O–H groups in total. The highest BCUT2D eigenvalue weighted by Gasteiger charge is 2.54. The van der Waals surface area contributed by atoms with Gasteiger partial charge in [-0.1, -0.05) is 6.07 Å². The molecule has 2 saturated heterocycles. The number of carbonyl (C=O) groups excluding carboxylic acids is 1. The maximum atomic E-state index is 12.5. The van der Waals surface area contributed by atoms with E-state index in [0.717, 1.165) is 25.7 Å². The molecule has 2 fully saturated rings. The number of aromatic hydroxyl groups is 2. The molecule has 0 aromatic heterocycles. The van der Waals surface area contributed by atoms with Crippen molar-refractivity contribution in [3.05, 3.63) is 29.8 Å². The Morgan fingerprint density at radius 1 is 1.18 bits per heavy atom. The summed E-state index contributed by atoms with van der Waals surface area (Å²) in [7, 11) is 0. The zero-order valence-electron chi connectivity index (χ0n) is 12.0. The molecular formula is C16H17N3O3. The van der Waals surface area contributed by atoms with Gasteiger partial charge in [-0.2, -0.15) is 10.2 Å². The van der Waals surface area contributed by atoms with E-state index in [4.69, 9.17) is 0 Å². The first kappa shape index (κ1) is 13.3. The lowest BCUT2D eigenvalue weighted by Gasteiger charge is -2.36. The van der Waals surface area contributed by atoms with E-state index >= 15 is 0 Å². The summed E-state index contributed by atoms with van der Waals surface area (Å²) in [6, 6.07) is 4.96. The van der Waals surface area contributed by atoms with Gasteiger partial charge in [-0.3, -0.25) is 4.79 Å². The monoisotopic (exact) mass is 299 g/mol. The van der Waals surface area contributed by atoms with Crippen LogP contribution in [0.5, 0.6) is 11.5 Å². The third-order valence-electron chi connectivity index (χ3n) is 4.80. The summed E-state index contributed by atoms with van der Waals surface area (Å²) in [5, 5.41) is 27.1. The molecule has 22 heavy (non-hydrogen) atoms. The van der Waals surface area contributed by atoms with Crippen molar-refractivity contribution < 1.29 is 15.0 Å². The van der Waals surface area contributed by atoms with E-state index in [1.54, 1.807) is 12.1 Å². The molecule has 6 nitrogen and oxygen atoms in total. The molecule has 1 amide bonds. The summed E-state index contributed by atoms with van der Waals surface area (Å²) < 4.78 is 0. The Morgan fingerprint density at radius 3 is 2.45 bits per heavy atom. The fourth-order valence-electron chi connectivity index (χ4n) is 3.69. The highest BCUT2D eigenvalue weighted by atomic mass is 16.3. The lowest BCUT2D eigenvalue weighted by Crippen LogP contribution is -2.48. The van der Waals surface area contributed by atoms with Gasteiger partial charge in [0.2, 0.25) is 5.91 Å². The minimum Gasteiger partial charge on any atom is -0.504 e. The third-order valence-corrected chi connectivity index (χ3v) is 4.80. The SMILES string of the molecule is O=C(/C=C/c1ccc(O)c(O)c1)N1C2CCC1CC1(C2)N=N1. The Kier molecular flexibility index (Phi) is 2.76.